The molecule has 0 radical (unpaired) electrons. The molecule has 7 rings (SSSR count). The van der Waals surface area contributed by atoms with Crippen LogP contribution in [0.3, 0.4) is 0 Å². The van der Waals surface area contributed by atoms with Crippen LogP contribution in [0, 0.1) is 0 Å². The summed E-state index contributed by atoms with van der Waals surface area (Å²) in [6, 6.07) is 30.4. The van der Waals surface area contributed by atoms with E-state index >= 15 is 0 Å². The highest BCUT2D eigenvalue weighted by atomic mass is 79.9. The second-order valence-corrected chi connectivity index (χ2v) is 11.2. The van der Waals surface area contributed by atoms with E-state index in [4.69, 9.17) is 29.2 Å². The van der Waals surface area contributed by atoms with Crippen molar-refractivity contribution >= 4 is 38.1 Å². The molecule has 9 heteroatoms. The minimum Gasteiger partial charge on any atom is -0.507 e. The number of carbonyl (C=O) groups is 1. The summed E-state index contributed by atoms with van der Waals surface area (Å²) >= 11 is 6.55. The number of aldehydes is 1. The van der Waals surface area contributed by atoms with Gasteiger partial charge in [-0.15, -0.1) is 0 Å². The Morgan fingerprint density at radius 2 is 1.33 bits per heavy atom. The van der Waals surface area contributed by atoms with Gasteiger partial charge >= 0.3 is 0 Å². The van der Waals surface area contributed by atoms with Crippen LogP contribution >= 0.6 is 31.9 Å². The quantitative estimate of drug-likeness (QED) is 0.173. The molecule has 3 heterocycles. The number of phenolic OH excluding ortho intramolecular Hbond substituents is 1. The number of ether oxygens (including phenoxy) is 4. The molecule has 220 valence electrons. The van der Waals surface area contributed by atoms with Gasteiger partial charge in [0.1, 0.15) is 48.6 Å². The Labute approximate surface area is 262 Å². The molecule has 0 saturated carbocycles. The molecule has 3 atom stereocenters. The second-order valence-electron chi connectivity index (χ2n) is 9.47. The largest absolute Gasteiger partial charge is 0.507 e. The third kappa shape index (κ3) is 9.32. The van der Waals surface area contributed by atoms with E-state index in [9.17, 15) is 4.79 Å². The number of para-hydroxylation sites is 4. The molecule has 0 aromatic heterocycles. The van der Waals surface area contributed by atoms with Crippen molar-refractivity contribution in [3.63, 3.8) is 0 Å². The molecule has 4 aromatic carbocycles. The van der Waals surface area contributed by atoms with E-state index in [0.29, 0.717) is 25.9 Å². The zero-order valence-electron chi connectivity index (χ0n) is 22.8. The van der Waals surface area contributed by atoms with Crippen molar-refractivity contribution in [2.24, 2.45) is 0 Å². The SMILES string of the molecule is Brc1ccccc1OCC1CO1.O=CC1COc2ccccc21.OCC1COc2ccccc21.Oc1ccccc1Br. The van der Waals surface area contributed by atoms with Crippen LogP contribution in [0.15, 0.2) is 106 Å². The Morgan fingerprint density at radius 3 is 1.93 bits per heavy atom. The molecule has 1 fully saturated rings. The predicted octanol–water partition coefficient (Wildman–Crippen LogP) is 6.90. The molecule has 42 heavy (non-hydrogen) atoms. The maximum atomic E-state index is 10.5. The highest BCUT2D eigenvalue weighted by Crippen LogP contribution is 2.33. The number of hydrogen-bond donors (Lipinski definition) is 2. The number of aliphatic hydroxyl groups is 1. The highest BCUT2D eigenvalue weighted by Gasteiger charge is 2.24. The minimum atomic E-state index is -0.0498. The van der Waals surface area contributed by atoms with Crippen molar-refractivity contribution in [2.45, 2.75) is 17.9 Å². The molecule has 0 bridgehead atoms. The zero-order valence-corrected chi connectivity index (χ0v) is 25.9. The van der Waals surface area contributed by atoms with E-state index in [2.05, 4.69) is 31.9 Å². The van der Waals surface area contributed by atoms with Crippen LogP contribution in [-0.2, 0) is 9.53 Å². The highest BCUT2D eigenvalue weighted by molar-refractivity contribution is 9.10. The number of phenols is 1. The van der Waals surface area contributed by atoms with Crippen molar-refractivity contribution < 1.29 is 34.0 Å². The third-order valence-corrected chi connectivity index (χ3v) is 7.76. The zero-order chi connectivity index (χ0) is 29.7. The molecule has 0 aliphatic carbocycles. The number of epoxide rings is 1. The van der Waals surface area contributed by atoms with Gasteiger partial charge in [0.15, 0.2) is 0 Å². The number of aromatic hydroxyl groups is 1. The maximum Gasteiger partial charge on any atom is 0.133 e. The summed E-state index contributed by atoms with van der Waals surface area (Å²) in [7, 11) is 0. The molecular weight excluding hydrogens is 668 g/mol. The first kappa shape index (κ1) is 31.6. The molecule has 0 amide bonds. The standard InChI is InChI=1S/C9H9BrO2.C9H10O2.C9H8O2.C6H5BrO/c10-8-3-1-2-4-9(8)12-6-7-5-11-7;2*10-5-7-6-11-9-4-2-1-3-8(7)9;7-5-3-1-2-4-6(5)8/h1-4,7H,5-6H2;1-4,7,10H,5-6H2;1-5,7H,6H2;1-4,8H. The first-order valence-electron chi connectivity index (χ1n) is 13.4. The number of fused-ring (bicyclic) bond motifs is 2. The normalized spacial score (nSPS) is 18.5. The number of hydrogen-bond acceptors (Lipinski definition) is 7. The fraction of sp³-hybridized carbons (Fsp3) is 0.242. The van der Waals surface area contributed by atoms with Crippen LogP contribution < -0.4 is 14.2 Å². The van der Waals surface area contributed by atoms with Crippen LogP contribution in [0.25, 0.3) is 0 Å². The van der Waals surface area contributed by atoms with Gasteiger partial charge in [0.25, 0.3) is 0 Å². The van der Waals surface area contributed by atoms with E-state index in [0.717, 1.165) is 50.2 Å². The van der Waals surface area contributed by atoms with Gasteiger partial charge in [-0.1, -0.05) is 60.7 Å². The van der Waals surface area contributed by atoms with Crippen molar-refractivity contribution in [3.8, 4) is 23.0 Å². The van der Waals surface area contributed by atoms with Gasteiger partial charge < -0.3 is 34.0 Å². The maximum absolute atomic E-state index is 10.5. The Kier molecular flexibility index (Phi) is 12.3. The first-order valence-corrected chi connectivity index (χ1v) is 15.0. The van der Waals surface area contributed by atoms with Gasteiger partial charge in [-0.2, -0.15) is 0 Å². The van der Waals surface area contributed by atoms with Crippen molar-refractivity contribution in [1.82, 2.24) is 0 Å². The summed E-state index contributed by atoms with van der Waals surface area (Å²) in [6.07, 6.45) is 1.25. The van der Waals surface area contributed by atoms with E-state index in [1.807, 2.05) is 78.9 Å². The van der Waals surface area contributed by atoms with Crippen LogP contribution in [0.1, 0.15) is 23.0 Å². The Bertz CT molecular complexity index is 1410. The smallest absolute Gasteiger partial charge is 0.133 e. The lowest BCUT2D eigenvalue weighted by atomic mass is 10.0. The summed E-state index contributed by atoms with van der Waals surface area (Å²) in [4.78, 5) is 10.5. The summed E-state index contributed by atoms with van der Waals surface area (Å²) in [5, 5.41) is 17.8. The van der Waals surface area contributed by atoms with Crippen LogP contribution in [0.4, 0.5) is 0 Å². The molecule has 4 aromatic rings. The Morgan fingerprint density at radius 1 is 0.762 bits per heavy atom. The van der Waals surface area contributed by atoms with Gasteiger partial charge in [0.2, 0.25) is 0 Å². The minimum absolute atomic E-state index is 0.0498. The average molecular weight is 700 g/mol. The summed E-state index contributed by atoms with van der Waals surface area (Å²) < 4.78 is 22.9. The monoisotopic (exact) mass is 698 g/mol. The second kappa shape index (κ2) is 16.3. The molecule has 0 spiro atoms. The van der Waals surface area contributed by atoms with E-state index in [-0.39, 0.29) is 24.2 Å². The average Bonchev–Trinajstić information content (AvgIpc) is 3.61. The number of benzene rings is 4. The van der Waals surface area contributed by atoms with Gasteiger partial charge in [0.05, 0.1) is 34.7 Å². The Hall–Kier alpha value is -3.37. The fourth-order valence-corrected chi connectivity index (χ4v) is 4.73. The molecule has 3 aliphatic heterocycles. The van der Waals surface area contributed by atoms with Crippen LogP contribution in [0.5, 0.6) is 23.0 Å². The molecule has 3 aliphatic rings. The number of halogens is 2. The van der Waals surface area contributed by atoms with Crippen LogP contribution in [0.2, 0.25) is 0 Å². The lowest BCUT2D eigenvalue weighted by Gasteiger charge is -2.04. The lowest BCUT2D eigenvalue weighted by Crippen LogP contribution is -2.04. The topological polar surface area (TPSA) is 97.8 Å². The molecular formula is C33H32Br2O7. The summed E-state index contributed by atoms with van der Waals surface area (Å²) in [5.74, 6) is 3.08. The van der Waals surface area contributed by atoms with E-state index in [1.165, 1.54) is 0 Å². The van der Waals surface area contributed by atoms with Crippen LogP contribution in [-0.4, -0.2) is 55.6 Å². The number of rotatable bonds is 5. The van der Waals surface area contributed by atoms with Gasteiger partial charge in [-0.05, 0) is 68.3 Å². The third-order valence-electron chi connectivity index (χ3n) is 6.44. The molecule has 1 saturated heterocycles. The predicted molar refractivity (Wildman–Crippen MR) is 168 cm³/mol. The van der Waals surface area contributed by atoms with Gasteiger partial charge in [-0.25, -0.2) is 0 Å². The summed E-state index contributed by atoms with van der Waals surface area (Å²) in [5.41, 5.74) is 2.15. The van der Waals surface area contributed by atoms with Crippen molar-refractivity contribution in [1.29, 1.82) is 0 Å². The molecule has 2 N–H and O–H groups in total. The first-order chi connectivity index (χ1) is 20.5. The molecule has 3 unspecified atom stereocenters. The number of carbonyl (C=O) groups excluding carboxylic acids is 1. The van der Waals surface area contributed by atoms with Crippen molar-refractivity contribution in [3.05, 3.63) is 117 Å². The lowest BCUT2D eigenvalue weighted by molar-refractivity contribution is -0.109. The number of aliphatic hydroxyl groups excluding tert-OH is 1. The van der Waals surface area contributed by atoms with E-state index < -0.39 is 0 Å². The van der Waals surface area contributed by atoms with Crippen molar-refractivity contribution in [2.75, 3.05) is 33.0 Å². The Balaban J connectivity index is 0.000000130. The fourth-order valence-electron chi connectivity index (χ4n) is 4.04. The summed E-state index contributed by atoms with van der Waals surface area (Å²) in [6.45, 7) is 2.79. The van der Waals surface area contributed by atoms with Gasteiger partial charge in [0, 0.05) is 17.0 Å². The van der Waals surface area contributed by atoms with Gasteiger partial charge in [-0.3, -0.25) is 0 Å². The molecule has 7 nitrogen and oxygen atoms in total. The van der Waals surface area contributed by atoms with E-state index in [1.54, 1.807) is 18.2 Å².